The van der Waals surface area contributed by atoms with Gasteiger partial charge in [-0.2, -0.15) is 11.8 Å². The molecule has 12 heavy (non-hydrogen) atoms. The van der Waals surface area contributed by atoms with Crippen molar-refractivity contribution in [2.24, 2.45) is 0 Å². The SMILES string of the molecule is CCC(O)(CC)CNCCSC. The van der Waals surface area contributed by atoms with Crippen LogP contribution in [0, 0.1) is 0 Å². The van der Waals surface area contributed by atoms with E-state index in [2.05, 4.69) is 11.6 Å². The van der Waals surface area contributed by atoms with Gasteiger partial charge in [0.1, 0.15) is 0 Å². The second-order valence-corrected chi connectivity index (χ2v) is 4.09. The molecule has 3 heteroatoms. The molecule has 2 nitrogen and oxygen atoms in total. The molecule has 0 amide bonds. The van der Waals surface area contributed by atoms with Crippen LogP contribution in [0.5, 0.6) is 0 Å². The first kappa shape index (κ1) is 12.3. The Balaban J connectivity index is 3.45. The zero-order chi connectivity index (χ0) is 9.45. The average Bonchev–Trinajstić information content (AvgIpc) is 2.12. The summed E-state index contributed by atoms with van der Waals surface area (Å²) < 4.78 is 0. The van der Waals surface area contributed by atoms with Crippen LogP contribution >= 0.6 is 11.8 Å². The topological polar surface area (TPSA) is 32.3 Å². The van der Waals surface area contributed by atoms with Crippen LogP contribution in [0.1, 0.15) is 26.7 Å². The fraction of sp³-hybridized carbons (Fsp3) is 1.00. The Kier molecular flexibility index (Phi) is 6.90. The molecule has 0 aliphatic heterocycles. The molecular formula is C9H21NOS. The minimum Gasteiger partial charge on any atom is -0.389 e. The summed E-state index contributed by atoms with van der Waals surface area (Å²) in [6, 6.07) is 0. The first-order chi connectivity index (χ1) is 5.68. The number of aliphatic hydroxyl groups is 1. The fourth-order valence-corrected chi connectivity index (χ4v) is 1.34. The lowest BCUT2D eigenvalue weighted by atomic mass is 9.98. The van der Waals surface area contributed by atoms with Crippen LogP contribution in [0.4, 0.5) is 0 Å². The largest absolute Gasteiger partial charge is 0.389 e. The van der Waals surface area contributed by atoms with Crippen LogP contribution in [0.15, 0.2) is 0 Å². The zero-order valence-corrected chi connectivity index (χ0v) is 9.21. The van der Waals surface area contributed by atoms with E-state index in [1.165, 1.54) is 0 Å². The second-order valence-electron chi connectivity index (χ2n) is 3.10. The van der Waals surface area contributed by atoms with Crippen molar-refractivity contribution in [2.75, 3.05) is 25.1 Å². The smallest absolute Gasteiger partial charge is 0.0766 e. The van der Waals surface area contributed by atoms with Gasteiger partial charge in [-0.3, -0.25) is 0 Å². The molecule has 0 heterocycles. The van der Waals surface area contributed by atoms with Crippen molar-refractivity contribution in [2.45, 2.75) is 32.3 Å². The van der Waals surface area contributed by atoms with Crippen molar-refractivity contribution in [1.29, 1.82) is 0 Å². The van der Waals surface area contributed by atoms with Gasteiger partial charge in [0, 0.05) is 18.8 Å². The summed E-state index contributed by atoms with van der Waals surface area (Å²) in [6.45, 7) is 5.77. The summed E-state index contributed by atoms with van der Waals surface area (Å²) in [6.07, 6.45) is 3.75. The molecule has 0 atom stereocenters. The van der Waals surface area contributed by atoms with Crippen LogP contribution in [0.3, 0.4) is 0 Å². The van der Waals surface area contributed by atoms with E-state index in [4.69, 9.17) is 0 Å². The monoisotopic (exact) mass is 191 g/mol. The molecule has 0 rings (SSSR count). The highest BCUT2D eigenvalue weighted by atomic mass is 32.2. The maximum Gasteiger partial charge on any atom is 0.0766 e. The average molecular weight is 191 g/mol. The molecule has 0 aromatic carbocycles. The summed E-state index contributed by atoms with van der Waals surface area (Å²) in [7, 11) is 0. The van der Waals surface area contributed by atoms with E-state index < -0.39 is 5.60 Å². The lowest BCUT2D eigenvalue weighted by molar-refractivity contribution is 0.0332. The standard InChI is InChI=1S/C9H21NOS/c1-4-9(11,5-2)8-10-6-7-12-3/h10-11H,4-8H2,1-3H3. The maximum atomic E-state index is 9.86. The quantitative estimate of drug-likeness (QED) is 0.598. The molecule has 0 saturated carbocycles. The number of thioether (sulfide) groups is 1. The van der Waals surface area contributed by atoms with Gasteiger partial charge in [-0.1, -0.05) is 13.8 Å². The Bertz CT molecular complexity index is 105. The van der Waals surface area contributed by atoms with Crippen molar-refractivity contribution >= 4 is 11.8 Å². The van der Waals surface area contributed by atoms with Crippen LogP contribution in [0.2, 0.25) is 0 Å². The predicted octanol–water partition coefficient (Wildman–Crippen LogP) is 1.49. The zero-order valence-electron chi connectivity index (χ0n) is 8.39. The highest BCUT2D eigenvalue weighted by Gasteiger charge is 2.20. The number of rotatable bonds is 7. The lowest BCUT2D eigenvalue weighted by Gasteiger charge is -2.25. The Morgan fingerprint density at radius 1 is 1.33 bits per heavy atom. The first-order valence-electron chi connectivity index (χ1n) is 4.60. The van der Waals surface area contributed by atoms with Crippen molar-refractivity contribution < 1.29 is 5.11 Å². The molecule has 0 aromatic rings. The summed E-state index contributed by atoms with van der Waals surface area (Å²) in [5.41, 5.74) is -0.488. The van der Waals surface area contributed by atoms with E-state index in [1.807, 2.05) is 25.6 Å². The molecule has 0 aromatic heterocycles. The number of hydrogen-bond donors (Lipinski definition) is 2. The van der Waals surface area contributed by atoms with Gasteiger partial charge in [-0.25, -0.2) is 0 Å². The molecule has 0 radical (unpaired) electrons. The van der Waals surface area contributed by atoms with Crippen LogP contribution in [-0.2, 0) is 0 Å². The van der Waals surface area contributed by atoms with Gasteiger partial charge in [0.25, 0.3) is 0 Å². The van der Waals surface area contributed by atoms with Crippen LogP contribution < -0.4 is 5.32 Å². The van der Waals surface area contributed by atoms with Crippen molar-refractivity contribution in [1.82, 2.24) is 5.32 Å². The third-order valence-electron chi connectivity index (χ3n) is 2.25. The fourth-order valence-electron chi connectivity index (χ4n) is 0.995. The van der Waals surface area contributed by atoms with Gasteiger partial charge in [0.15, 0.2) is 0 Å². The molecule has 74 valence electrons. The van der Waals surface area contributed by atoms with E-state index in [-0.39, 0.29) is 0 Å². The second kappa shape index (κ2) is 6.75. The molecule has 0 unspecified atom stereocenters. The lowest BCUT2D eigenvalue weighted by Crippen LogP contribution is -2.40. The molecule has 0 aliphatic rings. The Morgan fingerprint density at radius 3 is 2.33 bits per heavy atom. The van der Waals surface area contributed by atoms with E-state index >= 15 is 0 Å². The highest BCUT2D eigenvalue weighted by molar-refractivity contribution is 7.98. The minimum atomic E-state index is -0.488. The predicted molar refractivity (Wildman–Crippen MR) is 56.8 cm³/mol. The molecule has 0 fully saturated rings. The van der Waals surface area contributed by atoms with Gasteiger partial charge in [-0.15, -0.1) is 0 Å². The van der Waals surface area contributed by atoms with Gasteiger partial charge >= 0.3 is 0 Å². The van der Waals surface area contributed by atoms with Gasteiger partial charge < -0.3 is 10.4 Å². The molecule has 0 bridgehead atoms. The third kappa shape index (κ3) is 5.01. The van der Waals surface area contributed by atoms with E-state index in [0.717, 1.165) is 31.7 Å². The first-order valence-corrected chi connectivity index (χ1v) is 6.00. The van der Waals surface area contributed by atoms with Crippen molar-refractivity contribution in [3.63, 3.8) is 0 Å². The Morgan fingerprint density at radius 2 is 1.92 bits per heavy atom. The Labute approximate surface area is 80.1 Å². The van der Waals surface area contributed by atoms with Crippen LogP contribution in [-0.4, -0.2) is 35.8 Å². The Hall–Kier alpha value is 0.270. The summed E-state index contributed by atoms with van der Waals surface area (Å²) >= 11 is 1.82. The molecular weight excluding hydrogens is 170 g/mol. The third-order valence-corrected chi connectivity index (χ3v) is 2.87. The molecule has 0 spiro atoms. The van der Waals surface area contributed by atoms with E-state index in [9.17, 15) is 5.11 Å². The van der Waals surface area contributed by atoms with E-state index in [0.29, 0.717) is 0 Å². The van der Waals surface area contributed by atoms with Crippen molar-refractivity contribution in [3.8, 4) is 0 Å². The van der Waals surface area contributed by atoms with Gasteiger partial charge in [-0.05, 0) is 19.1 Å². The summed E-state index contributed by atoms with van der Waals surface area (Å²) in [4.78, 5) is 0. The highest BCUT2D eigenvalue weighted by Crippen LogP contribution is 2.12. The summed E-state index contributed by atoms with van der Waals surface area (Å²) in [5.74, 6) is 1.11. The van der Waals surface area contributed by atoms with E-state index in [1.54, 1.807) is 0 Å². The van der Waals surface area contributed by atoms with Gasteiger partial charge in [0.2, 0.25) is 0 Å². The van der Waals surface area contributed by atoms with Crippen LogP contribution in [0.25, 0.3) is 0 Å². The normalized spacial score (nSPS) is 12.0. The van der Waals surface area contributed by atoms with Gasteiger partial charge in [0.05, 0.1) is 5.60 Å². The number of hydrogen-bond acceptors (Lipinski definition) is 3. The maximum absolute atomic E-state index is 9.86. The molecule has 0 saturated heterocycles. The minimum absolute atomic E-state index is 0.488. The molecule has 0 aliphatic carbocycles. The molecule has 2 N–H and O–H groups in total. The van der Waals surface area contributed by atoms with Crippen molar-refractivity contribution in [3.05, 3.63) is 0 Å². The number of nitrogens with one attached hydrogen (secondary N) is 1. The summed E-state index contributed by atoms with van der Waals surface area (Å²) in [5, 5.41) is 13.1.